The van der Waals surface area contributed by atoms with Crippen molar-refractivity contribution in [3.63, 3.8) is 0 Å². The van der Waals surface area contributed by atoms with Gasteiger partial charge in [-0.15, -0.1) is 0 Å². The maximum Gasteiger partial charge on any atom is 0.315 e. The van der Waals surface area contributed by atoms with Crippen molar-refractivity contribution in [1.82, 2.24) is 10.6 Å². The highest BCUT2D eigenvalue weighted by atomic mass is 16.4. The van der Waals surface area contributed by atoms with Crippen molar-refractivity contribution in [2.24, 2.45) is 5.92 Å². The molecular weight excluding hydrogens is 196 g/mol. The first kappa shape index (κ1) is 13.7. The summed E-state index contributed by atoms with van der Waals surface area (Å²) in [7, 11) is 0. The fourth-order valence-electron chi connectivity index (χ4n) is 1.11. The van der Waals surface area contributed by atoms with Crippen molar-refractivity contribution < 1.29 is 14.7 Å². The molecule has 1 unspecified atom stereocenters. The molecule has 5 heteroatoms. The Morgan fingerprint density at radius 1 is 1.13 bits per heavy atom. The molecule has 0 heterocycles. The molecule has 0 fully saturated rings. The number of carboxylic acids is 1. The van der Waals surface area contributed by atoms with Crippen LogP contribution in [0.5, 0.6) is 0 Å². The first-order valence-corrected chi connectivity index (χ1v) is 5.11. The summed E-state index contributed by atoms with van der Waals surface area (Å²) in [6.07, 6.45) is -0.0524. The van der Waals surface area contributed by atoms with E-state index in [9.17, 15) is 9.59 Å². The molecular formula is C10H20N2O3. The highest BCUT2D eigenvalue weighted by molar-refractivity contribution is 5.75. The Bertz CT molecular complexity index is 227. The van der Waals surface area contributed by atoms with Gasteiger partial charge in [-0.25, -0.2) is 4.79 Å². The third kappa shape index (κ3) is 6.76. The number of aliphatic carboxylic acids is 1. The van der Waals surface area contributed by atoms with Gasteiger partial charge in [0.2, 0.25) is 0 Å². The Morgan fingerprint density at radius 3 is 2.00 bits per heavy atom. The largest absolute Gasteiger partial charge is 0.481 e. The van der Waals surface area contributed by atoms with E-state index in [0.717, 1.165) is 0 Å². The summed E-state index contributed by atoms with van der Waals surface area (Å²) in [4.78, 5) is 21.9. The maximum absolute atomic E-state index is 11.3. The van der Waals surface area contributed by atoms with Gasteiger partial charge in [-0.1, -0.05) is 13.8 Å². The fourth-order valence-corrected chi connectivity index (χ4v) is 1.11. The van der Waals surface area contributed by atoms with Gasteiger partial charge in [0.05, 0.1) is 6.42 Å². The van der Waals surface area contributed by atoms with Crippen LogP contribution in [0.15, 0.2) is 0 Å². The number of carbonyl (C=O) groups is 2. The maximum atomic E-state index is 11.3. The second kappa shape index (κ2) is 6.27. The quantitative estimate of drug-likeness (QED) is 0.646. The molecule has 2 amide bonds. The van der Waals surface area contributed by atoms with Crippen LogP contribution in [-0.2, 0) is 4.79 Å². The molecule has 0 radical (unpaired) electrons. The van der Waals surface area contributed by atoms with E-state index in [1.807, 2.05) is 27.7 Å². The normalized spacial score (nSPS) is 12.7. The zero-order chi connectivity index (χ0) is 12.0. The van der Waals surface area contributed by atoms with E-state index in [0.29, 0.717) is 0 Å². The van der Waals surface area contributed by atoms with Crippen LogP contribution >= 0.6 is 0 Å². The van der Waals surface area contributed by atoms with Crippen LogP contribution in [0.25, 0.3) is 0 Å². The standard InChI is InChI=1S/C10H20N2O3/c1-6(2)8(5-9(13)14)12-10(15)11-7(3)4/h6-8H,5H2,1-4H3,(H,13,14)(H2,11,12,15). The third-order valence-electron chi connectivity index (χ3n) is 1.94. The SMILES string of the molecule is CC(C)NC(=O)NC(CC(=O)O)C(C)C. The molecule has 0 aliphatic rings. The average Bonchev–Trinajstić information content (AvgIpc) is 1.99. The molecule has 1 atom stereocenters. The van der Waals surface area contributed by atoms with Gasteiger partial charge < -0.3 is 15.7 Å². The van der Waals surface area contributed by atoms with Crippen LogP contribution in [0, 0.1) is 5.92 Å². The number of carbonyl (C=O) groups excluding carboxylic acids is 1. The number of urea groups is 1. The lowest BCUT2D eigenvalue weighted by atomic mass is 10.0. The van der Waals surface area contributed by atoms with Gasteiger partial charge in [-0.3, -0.25) is 4.79 Å². The Labute approximate surface area is 90.2 Å². The van der Waals surface area contributed by atoms with Crippen molar-refractivity contribution in [3.05, 3.63) is 0 Å². The molecule has 0 bridgehead atoms. The molecule has 5 nitrogen and oxygen atoms in total. The van der Waals surface area contributed by atoms with Crippen LogP contribution in [0.1, 0.15) is 34.1 Å². The number of hydrogen-bond donors (Lipinski definition) is 3. The van der Waals surface area contributed by atoms with E-state index in [1.165, 1.54) is 0 Å². The van der Waals surface area contributed by atoms with Gasteiger partial charge in [0.15, 0.2) is 0 Å². The fraction of sp³-hybridized carbons (Fsp3) is 0.800. The zero-order valence-corrected chi connectivity index (χ0v) is 9.70. The monoisotopic (exact) mass is 216 g/mol. The lowest BCUT2D eigenvalue weighted by Crippen LogP contribution is -2.47. The topological polar surface area (TPSA) is 78.4 Å². The Morgan fingerprint density at radius 2 is 1.67 bits per heavy atom. The Hall–Kier alpha value is -1.26. The molecule has 0 saturated carbocycles. The predicted octanol–water partition coefficient (Wildman–Crippen LogP) is 1.19. The molecule has 0 aromatic heterocycles. The summed E-state index contributed by atoms with van der Waals surface area (Å²) in [6.45, 7) is 7.45. The molecule has 3 N–H and O–H groups in total. The van der Waals surface area contributed by atoms with Gasteiger partial charge in [0, 0.05) is 12.1 Å². The molecule has 0 rings (SSSR count). The number of hydrogen-bond acceptors (Lipinski definition) is 2. The van der Waals surface area contributed by atoms with E-state index in [1.54, 1.807) is 0 Å². The van der Waals surface area contributed by atoms with Crippen molar-refractivity contribution in [2.75, 3.05) is 0 Å². The van der Waals surface area contributed by atoms with E-state index in [-0.39, 0.29) is 30.5 Å². The molecule has 0 aromatic rings. The minimum atomic E-state index is -0.904. The molecule has 15 heavy (non-hydrogen) atoms. The first-order chi connectivity index (χ1) is 6.82. The zero-order valence-electron chi connectivity index (χ0n) is 9.70. The molecule has 88 valence electrons. The van der Waals surface area contributed by atoms with Crippen LogP contribution in [0.2, 0.25) is 0 Å². The van der Waals surface area contributed by atoms with E-state index < -0.39 is 5.97 Å². The van der Waals surface area contributed by atoms with Crippen molar-refractivity contribution in [3.8, 4) is 0 Å². The summed E-state index contributed by atoms with van der Waals surface area (Å²) in [5.74, 6) is -0.808. The predicted molar refractivity (Wildman–Crippen MR) is 57.7 cm³/mol. The number of rotatable bonds is 5. The van der Waals surface area contributed by atoms with Crippen molar-refractivity contribution in [1.29, 1.82) is 0 Å². The lowest BCUT2D eigenvalue weighted by Gasteiger charge is -2.21. The van der Waals surface area contributed by atoms with E-state index >= 15 is 0 Å². The van der Waals surface area contributed by atoms with Crippen molar-refractivity contribution in [2.45, 2.75) is 46.2 Å². The van der Waals surface area contributed by atoms with Crippen LogP contribution in [-0.4, -0.2) is 29.2 Å². The Balaban J connectivity index is 4.16. The summed E-state index contributed by atoms with van der Waals surface area (Å²) in [6, 6.07) is -0.603. The van der Waals surface area contributed by atoms with Gasteiger partial charge in [-0.05, 0) is 19.8 Å². The summed E-state index contributed by atoms with van der Waals surface area (Å²) >= 11 is 0. The van der Waals surface area contributed by atoms with Crippen LogP contribution in [0.4, 0.5) is 4.79 Å². The van der Waals surface area contributed by atoms with Crippen LogP contribution < -0.4 is 10.6 Å². The van der Waals surface area contributed by atoms with Gasteiger partial charge in [0.1, 0.15) is 0 Å². The molecule has 0 aromatic carbocycles. The molecule has 0 aliphatic carbocycles. The van der Waals surface area contributed by atoms with Gasteiger partial charge in [0.25, 0.3) is 0 Å². The highest BCUT2D eigenvalue weighted by Crippen LogP contribution is 2.05. The van der Waals surface area contributed by atoms with Gasteiger partial charge >= 0.3 is 12.0 Å². The minimum absolute atomic E-state index is 0.0441. The lowest BCUT2D eigenvalue weighted by molar-refractivity contribution is -0.137. The van der Waals surface area contributed by atoms with E-state index in [2.05, 4.69) is 10.6 Å². The highest BCUT2D eigenvalue weighted by Gasteiger charge is 2.19. The van der Waals surface area contributed by atoms with E-state index in [4.69, 9.17) is 5.11 Å². The average molecular weight is 216 g/mol. The molecule has 0 aliphatic heterocycles. The smallest absolute Gasteiger partial charge is 0.315 e. The summed E-state index contributed by atoms with van der Waals surface area (Å²) in [5, 5.41) is 14.0. The number of nitrogens with one attached hydrogen (secondary N) is 2. The second-order valence-corrected chi connectivity index (χ2v) is 4.22. The van der Waals surface area contributed by atoms with Crippen LogP contribution in [0.3, 0.4) is 0 Å². The summed E-state index contributed by atoms with van der Waals surface area (Å²) < 4.78 is 0. The molecule has 0 saturated heterocycles. The first-order valence-electron chi connectivity index (χ1n) is 5.11. The Kier molecular flexibility index (Phi) is 5.74. The van der Waals surface area contributed by atoms with Crippen molar-refractivity contribution >= 4 is 12.0 Å². The molecule has 0 spiro atoms. The van der Waals surface area contributed by atoms with Gasteiger partial charge in [-0.2, -0.15) is 0 Å². The number of carboxylic acid groups (broad SMARTS) is 1. The minimum Gasteiger partial charge on any atom is -0.481 e. The second-order valence-electron chi connectivity index (χ2n) is 4.22. The summed E-state index contributed by atoms with van der Waals surface area (Å²) in [5.41, 5.74) is 0. The third-order valence-corrected chi connectivity index (χ3v) is 1.94. The number of amides is 2.